The molecule has 218 valence electrons. The van der Waals surface area contributed by atoms with Gasteiger partial charge in [0.1, 0.15) is 11.9 Å². The van der Waals surface area contributed by atoms with Crippen molar-refractivity contribution in [2.24, 2.45) is 0 Å². The molecule has 1 fully saturated rings. The van der Waals surface area contributed by atoms with E-state index >= 15 is 0 Å². The van der Waals surface area contributed by atoms with Gasteiger partial charge in [-0.2, -0.15) is 0 Å². The number of nitrogens with zero attached hydrogens (tertiary/aromatic N) is 6. The van der Waals surface area contributed by atoms with Crippen LogP contribution in [0.15, 0.2) is 54.9 Å². The molecule has 1 aliphatic heterocycles. The molecule has 4 rings (SSSR count). The maximum absolute atomic E-state index is 12.5. The van der Waals surface area contributed by atoms with Crippen molar-refractivity contribution in [2.45, 2.75) is 19.0 Å². The van der Waals surface area contributed by atoms with Gasteiger partial charge in [0.25, 0.3) is 0 Å². The van der Waals surface area contributed by atoms with E-state index < -0.39 is 12.0 Å². The lowest BCUT2D eigenvalue weighted by molar-refractivity contribution is -0.151. The zero-order valence-electron chi connectivity index (χ0n) is 23.8. The normalized spacial score (nSPS) is 15.8. The summed E-state index contributed by atoms with van der Waals surface area (Å²) in [5, 5.41) is 15.6. The third kappa shape index (κ3) is 8.43. The third-order valence-corrected chi connectivity index (χ3v) is 6.99. The van der Waals surface area contributed by atoms with E-state index in [1.807, 2.05) is 67.7 Å². The fourth-order valence-corrected chi connectivity index (χ4v) is 4.82. The summed E-state index contributed by atoms with van der Waals surface area (Å²) in [6, 6.07) is 13.2. The van der Waals surface area contributed by atoms with Crippen LogP contribution in [-0.2, 0) is 20.9 Å². The maximum atomic E-state index is 12.5. The molecule has 0 bridgehead atoms. The minimum absolute atomic E-state index is 0.103. The minimum atomic E-state index is -0.913. The van der Waals surface area contributed by atoms with E-state index in [0.29, 0.717) is 32.1 Å². The first-order valence-corrected chi connectivity index (χ1v) is 13.6. The summed E-state index contributed by atoms with van der Waals surface area (Å²) in [5.41, 5.74) is 3.46. The highest BCUT2D eigenvalue weighted by molar-refractivity contribution is 5.76. The molecule has 41 heavy (non-hydrogen) atoms. The van der Waals surface area contributed by atoms with Crippen molar-refractivity contribution in [3.63, 3.8) is 0 Å². The van der Waals surface area contributed by atoms with Gasteiger partial charge in [-0.15, -0.1) is 0 Å². The number of nitrogens with one attached hydrogen (secondary N) is 2. The summed E-state index contributed by atoms with van der Waals surface area (Å²) >= 11 is 0. The first-order valence-electron chi connectivity index (χ1n) is 13.6. The largest absolute Gasteiger partial charge is 0.480 e. The molecule has 0 radical (unpaired) electrons. The van der Waals surface area contributed by atoms with Crippen LogP contribution in [0, 0.1) is 0 Å². The molecule has 0 saturated carbocycles. The number of ether oxygens (including phenoxy) is 1. The molecule has 1 aliphatic rings. The number of carboxylic acids is 1. The molecule has 3 heterocycles. The number of esters is 1. The van der Waals surface area contributed by atoms with Crippen molar-refractivity contribution in [1.82, 2.24) is 30.1 Å². The number of aliphatic carboxylic acids is 1. The maximum Gasteiger partial charge on any atom is 0.324 e. The summed E-state index contributed by atoms with van der Waals surface area (Å²) in [7, 11) is 5.34. The zero-order valence-corrected chi connectivity index (χ0v) is 23.8. The molecule has 0 spiro atoms. The molecule has 0 amide bonds. The molecule has 12 nitrogen and oxygen atoms in total. The number of carboxylic acid groups (broad SMARTS) is 1. The van der Waals surface area contributed by atoms with Crippen molar-refractivity contribution in [3.8, 4) is 11.3 Å². The summed E-state index contributed by atoms with van der Waals surface area (Å²) in [5.74, 6) is 0.0840. The molecule has 3 N–H and O–H groups in total. The van der Waals surface area contributed by atoms with Gasteiger partial charge in [-0.25, -0.2) is 15.0 Å². The number of methoxy groups -OCH3 is 1. The Labute approximate surface area is 240 Å². The van der Waals surface area contributed by atoms with Crippen LogP contribution in [0.25, 0.3) is 11.3 Å². The quantitative estimate of drug-likeness (QED) is 0.208. The van der Waals surface area contributed by atoms with Crippen molar-refractivity contribution >= 4 is 29.4 Å². The standard InChI is InChI=1S/C29H38N8O4/c1-30-11-5-13-35(2)26-9-8-22(17-32-26)24-10-12-31-29(34-24)33-23-7-4-6-21(16-23)18-37-15-14-36(20-27(38)39)19-25(37)28(40)41-3/h4,6-10,12,16-17,25,30H,5,11,13-15,18-20H2,1-3H3,(H,38,39)(H,31,33,34). The van der Waals surface area contributed by atoms with Crippen LogP contribution >= 0.6 is 0 Å². The number of rotatable bonds is 13. The van der Waals surface area contributed by atoms with Crippen LogP contribution in [0.2, 0.25) is 0 Å². The second kappa shape index (κ2) is 14.5. The number of anilines is 3. The fourth-order valence-electron chi connectivity index (χ4n) is 4.82. The Morgan fingerprint density at radius 1 is 1.17 bits per heavy atom. The monoisotopic (exact) mass is 562 g/mol. The minimum Gasteiger partial charge on any atom is -0.480 e. The van der Waals surface area contributed by atoms with Gasteiger partial charge in [0.15, 0.2) is 0 Å². The number of carbonyl (C=O) groups is 2. The van der Waals surface area contributed by atoms with E-state index in [1.165, 1.54) is 7.11 Å². The van der Waals surface area contributed by atoms with E-state index in [4.69, 9.17) is 9.84 Å². The molecular formula is C29H38N8O4. The van der Waals surface area contributed by atoms with Crippen LogP contribution in [0.3, 0.4) is 0 Å². The van der Waals surface area contributed by atoms with Gasteiger partial charge in [0.05, 0.1) is 19.3 Å². The van der Waals surface area contributed by atoms with Gasteiger partial charge in [-0.05, 0) is 55.9 Å². The molecule has 1 saturated heterocycles. The second-order valence-electron chi connectivity index (χ2n) is 10.0. The van der Waals surface area contributed by atoms with Crippen LogP contribution < -0.4 is 15.5 Å². The number of aromatic nitrogens is 3. The Kier molecular flexibility index (Phi) is 10.5. The van der Waals surface area contributed by atoms with E-state index in [1.54, 1.807) is 11.1 Å². The molecule has 3 aromatic rings. The summed E-state index contributed by atoms with van der Waals surface area (Å²) in [6.07, 6.45) is 4.57. The lowest BCUT2D eigenvalue weighted by Gasteiger charge is -2.39. The van der Waals surface area contributed by atoms with Crippen molar-refractivity contribution in [2.75, 3.05) is 70.7 Å². The van der Waals surface area contributed by atoms with Gasteiger partial charge in [0, 0.05) is 63.4 Å². The van der Waals surface area contributed by atoms with E-state index in [9.17, 15) is 9.59 Å². The highest BCUT2D eigenvalue weighted by Gasteiger charge is 2.33. The number of hydrogen-bond acceptors (Lipinski definition) is 11. The lowest BCUT2D eigenvalue weighted by atomic mass is 10.1. The van der Waals surface area contributed by atoms with Gasteiger partial charge in [0.2, 0.25) is 5.95 Å². The van der Waals surface area contributed by atoms with Gasteiger partial charge in [-0.1, -0.05) is 12.1 Å². The highest BCUT2D eigenvalue weighted by atomic mass is 16.5. The van der Waals surface area contributed by atoms with Crippen LogP contribution in [-0.4, -0.2) is 108 Å². The lowest BCUT2D eigenvalue weighted by Crippen LogP contribution is -2.57. The number of pyridine rings is 1. The molecule has 12 heteroatoms. The van der Waals surface area contributed by atoms with Gasteiger partial charge < -0.3 is 25.4 Å². The summed E-state index contributed by atoms with van der Waals surface area (Å²) in [6.45, 7) is 3.70. The number of benzene rings is 1. The van der Waals surface area contributed by atoms with E-state index in [2.05, 4.69) is 30.5 Å². The SMILES string of the molecule is CNCCCN(C)c1ccc(-c2ccnc(Nc3cccc(CN4CCN(CC(=O)O)CC4C(=O)OC)c3)n2)cn1. The molecule has 0 aliphatic carbocycles. The Morgan fingerprint density at radius 3 is 2.76 bits per heavy atom. The van der Waals surface area contributed by atoms with Crippen molar-refractivity contribution < 1.29 is 19.4 Å². The predicted octanol–water partition coefficient (Wildman–Crippen LogP) is 2.07. The van der Waals surface area contributed by atoms with Crippen molar-refractivity contribution in [3.05, 3.63) is 60.4 Å². The average molecular weight is 563 g/mol. The first kappa shape index (κ1) is 29.8. The molecule has 1 atom stereocenters. The second-order valence-corrected chi connectivity index (χ2v) is 10.0. The summed E-state index contributed by atoms with van der Waals surface area (Å²) < 4.78 is 5.01. The Balaban J connectivity index is 1.41. The van der Waals surface area contributed by atoms with Crippen LogP contribution in [0.1, 0.15) is 12.0 Å². The Bertz CT molecular complexity index is 1310. The first-order chi connectivity index (χ1) is 19.9. The molecule has 1 aromatic carbocycles. The van der Waals surface area contributed by atoms with Crippen molar-refractivity contribution in [1.29, 1.82) is 0 Å². The third-order valence-electron chi connectivity index (χ3n) is 6.99. The summed E-state index contributed by atoms with van der Waals surface area (Å²) in [4.78, 5) is 43.2. The Hall–Kier alpha value is -4.13. The Morgan fingerprint density at radius 2 is 2.02 bits per heavy atom. The van der Waals surface area contributed by atoms with Crippen LogP contribution in [0.4, 0.5) is 17.5 Å². The number of piperazine rings is 1. The van der Waals surface area contributed by atoms with E-state index in [-0.39, 0.29) is 12.5 Å². The zero-order chi connectivity index (χ0) is 29.2. The fraction of sp³-hybridized carbons (Fsp3) is 0.414. The molecular weight excluding hydrogens is 524 g/mol. The highest BCUT2D eigenvalue weighted by Crippen LogP contribution is 2.23. The van der Waals surface area contributed by atoms with Gasteiger partial charge in [-0.3, -0.25) is 19.4 Å². The average Bonchev–Trinajstić information content (AvgIpc) is 2.98. The van der Waals surface area contributed by atoms with E-state index in [0.717, 1.165) is 47.8 Å². The predicted molar refractivity (Wildman–Crippen MR) is 157 cm³/mol. The van der Waals surface area contributed by atoms with Crippen LogP contribution in [0.5, 0.6) is 0 Å². The molecule has 1 unspecified atom stereocenters. The van der Waals surface area contributed by atoms with Gasteiger partial charge >= 0.3 is 11.9 Å². The number of hydrogen-bond donors (Lipinski definition) is 3. The topological polar surface area (TPSA) is 136 Å². The smallest absolute Gasteiger partial charge is 0.324 e. The molecule has 2 aromatic heterocycles. The number of carbonyl (C=O) groups excluding carboxylic acids is 1.